The van der Waals surface area contributed by atoms with Gasteiger partial charge in [-0.2, -0.15) is 10.5 Å². The van der Waals surface area contributed by atoms with Gasteiger partial charge in [-0.3, -0.25) is 9.97 Å². The molecule has 0 N–H and O–H groups in total. The second kappa shape index (κ2) is 12.6. The summed E-state index contributed by atoms with van der Waals surface area (Å²) in [5, 5.41) is 24.0. The van der Waals surface area contributed by atoms with Crippen molar-refractivity contribution >= 4 is 43.6 Å². The molecule has 0 bridgehead atoms. The normalized spacial score (nSPS) is 13.1. The Balaban J connectivity index is 1.01. The van der Waals surface area contributed by atoms with E-state index in [1.54, 1.807) is 0 Å². The Kier molecular flexibility index (Phi) is 6.94. The lowest BCUT2D eigenvalue weighted by atomic mass is 9.66. The van der Waals surface area contributed by atoms with Crippen molar-refractivity contribution < 1.29 is 4.74 Å². The average Bonchev–Trinajstić information content (AvgIpc) is 3.95. The van der Waals surface area contributed by atoms with Crippen molar-refractivity contribution in [2.45, 2.75) is 5.41 Å². The van der Waals surface area contributed by atoms with Crippen LogP contribution in [0.1, 0.15) is 33.4 Å². The highest BCUT2D eigenvalue weighted by Gasteiger charge is 2.52. The fraction of sp³-hybridized carbons (Fsp3) is 0.0182. The molecule has 0 unspecified atom stereocenters. The van der Waals surface area contributed by atoms with Crippen molar-refractivity contribution in [2.24, 2.45) is 0 Å². The van der Waals surface area contributed by atoms with E-state index in [1.165, 1.54) is 0 Å². The maximum Gasteiger partial charge on any atom is 0.132 e. The number of aromatic nitrogens is 4. The molecule has 286 valence electrons. The van der Waals surface area contributed by atoms with Crippen LogP contribution in [0.3, 0.4) is 0 Å². The van der Waals surface area contributed by atoms with E-state index in [1.807, 2.05) is 73.1 Å². The van der Waals surface area contributed by atoms with Crippen LogP contribution in [-0.4, -0.2) is 19.1 Å². The molecule has 1 spiro atoms. The fourth-order valence-corrected chi connectivity index (χ4v) is 10.4. The van der Waals surface area contributed by atoms with Gasteiger partial charge in [0.05, 0.1) is 62.1 Å². The number of hydrogen-bond donors (Lipinski definition) is 0. The highest BCUT2D eigenvalue weighted by molar-refractivity contribution is 6.12. The minimum absolute atomic E-state index is 0.602. The molecule has 5 heterocycles. The van der Waals surface area contributed by atoms with Gasteiger partial charge in [0, 0.05) is 56.4 Å². The molecule has 4 aromatic heterocycles. The summed E-state index contributed by atoms with van der Waals surface area (Å²) < 4.78 is 11.3. The first kappa shape index (κ1) is 34.1. The number of nitrogens with zero attached hydrogens (tertiary/aromatic N) is 6. The van der Waals surface area contributed by atoms with E-state index >= 15 is 0 Å². The van der Waals surface area contributed by atoms with E-state index in [4.69, 9.17) is 14.7 Å². The van der Waals surface area contributed by atoms with E-state index in [0.29, 0.717) is 11.1 Å². The van der Waals surface area contributed by atoms with Gasteiger partial charge in [-0.25, -0.2) is 0 Å². The van der Waals surface area contributed by atoms with Crippen molar-refractivity contribution in [1.82, 2.24) is 19.1 Å². The Hall–Kier alpha value is -8.78. The van der Waals surface area contributed by atoms with Crippen molar-refractivity contribution in [1.29, 1.82) is 10.5 Å². The monoisotopic (exact) mass is 790 g/mol. The summed E-state index contributed by atoms with van der Waals surface area (Å²) in [7, 11) is 0. The third-order valence-corrected chi connectivity index (χ3v) is 12.9. The molecule has 1 aliphatic carbocycles. The molecule has 0 saturated carbocycles. The second-order valence-electron chi connectivity index (χ2n) is 16.0. The Morgan fingerprint density at radius 2 is 0.952 bits per heavy atom. The van der Waals surface area contributed by atoms with Crippen LogP contribution in [0.25, 0.3) is 77.5 Å². The van der Waals surface area contributed by atoms with E-state index in [0.717, 1.165) is 111 Å². The van der Waals surface area contributed by atoms with E-state index in [9.17, 15) is 10.5 Å². The molecule has 1 aliphatic heterocycles. The molecule has 7 nitrogen and oxygen atoms in total. The first-order chi connectivity index (χ1) is 30.6. The zero-order valence-electron chi connectivity index (χ0n) is 32.9. The van der Waals surface area contributed by atoms with E-state index < -0.39 is 5.41 Å². The number of fused-ring (bicyclic) bond motifs is 15. The summed E-state index contributed by atoms with van der Waals surface area (Å²) in [6, 6.07) is 63.3. The van der Waals surface area contributed by atoms with Gasteiger partial charge in [0.25, 0.3) is 0 Å². The summed E-state index contributed by atoms with van der Waals surface area (Å²) >= 11 is 0. The highest BCUT2D eigenvalue weighted by atomic mass is 16.5. The second-order valence-corrected chi connectivity index (χ2v) is 16.0. The summed E-state index contributed by atoms with van der Waals surface area (Å²) in [5.41, 5.74) is 14.8. The van der Waals surface area contributed by atoms with Crippen LogP contribution in [0.5, 0.6) is 11.5 Å². The van der Waals surface area contributed by atoms with Crippen molar-refractivity contribution in [2.75, 3.05) is 0 Å². The van der Waals surface area contributed by atoms with E-state index in [-0.39, 0.29) is 0 Å². The van der Waals surface area contributed by atoms with E-state index in [2.05, 4.69) is 130 Å². The average molecular weight is 791 g/mol. The lowest BCUT2D eigenvalue weighted by Gasteiger charge is -2.39. The summed E-state index contributed by atoms with van der Waals surface area (Å²) in [6.07, 6.45) is 3.68. The van der Waals surface area contributed by atoms with Crippen LogP contribution in [0, 0.1) is 22.7 Å². The lowest BCUT2D eigenvalue weighted by Crippen LogP contribution is -2.32. The number of hydrogen-bond acceptors (Lipinski definition) is 5. The molecular weight excluding hydrogens is 761 g/mol. The molecule has 62 heavy (non-hydrogen) atoms. The van der Waals surface area contributed by atoms with Crippen LogP contribution < -0.4 is 4.74 Å². The third kappa shape index (κ3) is 4.51. The molecule has 11 aromatic rings. The minimum Gasteiger partial charge on any atom is -0.457 e. The predicted molar refractivity (Wildman–Crippen MR) is 243 cm³/mol. The van der Waals surface area contributed by atoms with Gasteiger partial charge in [0.1, 0.15) is 11.5 Å². The van der Waals surface area contributed by atoms with Gasteiger partial charge in [-0.15, -0.1) is 0 Å². The Labute approximate surface area is 355 Å². The standard InChI is InChI=1S/C55H30N6O/c56-31-33-16-20-48-40(26-33)39-10-1-3-14-47(39)60(48)37-8-5-9-38(30-37)61-49-21-17-34(32-57)27-41(49)42-28-35(18-22-50(42)61)36-19-23-52-46(29-36)55(43-11-2-4-15-51(43)62-52)44-12-6-24-58-53(44)54-45(55)13-7-25-59-54/h1-30H. The maximum atomic E-state index is 10.1. The first-order valence-corrected chi connectivity index (χ1v) is 20.5. The molecule has 7 aromatic carbocycles. The van der Waals surface area contributed by atoms with Gasteiger partial charge in [-0.1, -0.05) is 66.7 Å². The number of para-hydroxylation sites is 2. The first-order valence-electron chi connectivity index (χ1n) is 20.5. The Morgan fingerprint density at radius 1 is 0.419 bits per heavy atom. The summed E-state index contributed by atoms with van der Waals surface area (Å²) in [5.74, 6) is 1.61. The topological polar surface area (TPSA) is 92.5 Å². The van der Waals surface area contributed by atoms with Crippen molar-refractivity contribution in [3.63, 3.8) is 0 Å². The zero-order valence-corrected chi connectivity index (χ0v) is 32.9. The SMILES string of the molecule is N#Cc1ccc2c(c1)c1ccccc1n2-c1cccc(-n2c3ccc(C#N)cc3c3cc(-c4ccc5c(c4)C4(c6ccccc6O5)c5cccnc5-c5ncccc54)ccc32)c1. The van der Waals surface area contributed by atoms with Crippen LogP contribution in [0.4, 0.5) is 0 Å². The number of ether oxygens (including phenoxy) is 1. The zero-order chi connectivity index (χ0) is 41.1. The molecule has 7 heteroatoms. The van der Waals surface area contributed by atoms with Crippen LogP contribution in [0.2, 0.25) is 0 Å². The van der Waals surface area contributed by atoms with Crippen LogP contribution in [0.15, 0.2) is 182 Å². The molecular formula is C55H30N6O. The Bertz CT molecular complexity index is 3790. The maximum absolute atomic E-state index is 10.1. The highest BCUT2D eigenvalue weighted by Crippen LogP contribution is 2.61. The minimum atomic E-state index is -0.686. The summed E-state index contributed by atoms with van der Waals surface area (Å²) in [4.78, 5) is 9.79. The number of benzene rings is 7. The van der Waals surface area contributed by atoms with Crippen molar-refractivity contribution in [3.05, 3.63) is 216 Å². The van der Waals surface area contributed by atoms with Gasteiger partial charge >= 0.3 is 0 Å². The van der Waals surface area contributed by atoms with Crippen LogP contribution >= 0.6 is 0 Å². The van der Waals surface area contributed by atoms with Gasteiger partial charge in [-0.05, 0) is 125 Å². The number of nitriles is 2. The van der Waals surface area contributed by atoms with Gasteiger partial charge in [0.15, 0.2) is 0 Å². The molecule has 2 aliphatic rings. The third-order valence-electron chi connectivity index (χ3n) is 12.9. The number of pyridine rings is 2. The smallest absolute Gasteiger partial charge is 0.132 e. The quantitative estimate of drug-likeness (QED) is 0.178. The molecule has 0 amide bonds. The molecule has 0 atom stereocenters. The fourth-order valence-electron chi connectivity index (χ4n) is 10.4. The molecule has 0 saturated heterocycles. The lowest BCUT2D eigenvalue weighted by molar-refractivity contribution is 0.436. The van der Waals surface area contributed by atoms with Gasteiger partial charge in [0.2, 0.25) is 0 Å². The van der Waals surface area contributed by atoms with Crippen LogP contribution in [-0.2, 0) is 5.41 Å². The summed E-state index contributed by atoms with van der Waals surface area (Å²) in [6.45, 7) is 0. The molecule has 0 fully saturated rings. The van der Waals surface area contributed by atoms with Crippen molar-refractivity contribution in [3.8, 4) is 57.5 Å². The van der Waals surface area contributed by atoms with Gasteiger partial charge < -0.3 is 13.9 Å². The largest absolute Gasteiger partial charge is 0.457 e. The number of rotatable bonds is 3. The molecule has 0 radical (unpaired) electrons. The predicted octanol–water partition coefficient (Wildman–Crippen LogP) is 12.5. The Morgan fingerprint density at radius 3 is 1.65 bits per heavy atom. The molecule has 13 rings (SSSR count).